The highest BCUT2D eigenvalue weighted by atomic mass is 32.1. The van der Waals surface area contributed by atoms with E-state index in [9.17, 15) is 0 Å². The Kier molecular flexibility index (Phi) is 4.95. The maximum Gasteiger partial charge on any atom is 0.142 e. The Morgan fingerprint density at radius 1 is 1.33 bits per heavy atom. The first-order valence-electron chi connectivity index (χ1n) is 7.49. The molecule has 0 atom stereocenters. The molecule has 0 unspecified atom stereocenters. The minimum absolute atomic E-state index is 0.561. The molecule has 1 N–H and O–H groups in total. The Labute approximate surface area is 129 Å². The van der Waals surface area contributed by atoms with E-state index in [0.29, 0.717) is 12.6 Å². The average Bonchev–Trinajstić information content (AvgIpc) is 3.16. The SMILES string of the molecule is COCc1nc(-c2ccccn2)sc1CNC1CCCC1. The lowest BCUT2D eigenvalue weighted by molar-refractivity contribution is 0.181. The molecule has 1 saturated carbocycles. The van der Waals surface area contributed by atoms with Crippen LogP contribution in [0.2, 0.25) is 0 Å². The second-order valence-corrected chi connectivity index (χ2v) is 6.48. The number of ether oxygens (including phenoxy) is 1. The lowest BCUT2D eigenvalue weighted by Gasteiger charge is -2.11. The van der Waals surface area contributed by atoms with E-state index >= 15 is 0 Å². The molecule has 5 heteroatoms. The summed E-state index contributed by atoms with van der Waals surface area (Å²) in [5.74, 6) is 0. The molecule has 21 heavy (non-hydrogen) atoms. The normalized spacial score (nSPS) is 15.7. The van der Waals surface area contributed by atoms with Gasteiger partial charge in [0.1, 0.15) is 5.01 Å². The van der Waals surface area contributed by atoms with Gasteiger partial charge in [-0.05, 0) is 25.0 Å². The van der Waals surface area contributed by atoms with Crippen molar-refractivity contribution in [3.8, 4) is 10.7 Å². The quantitative estimate of drug-likeness (QED) is 0.888. The van der Waals surface area contributed by atoms with E-state index in [0.717, 1.165) is 22.9 Å². The molecular formula is C16H21N3OS. The molecule has 1 aliphatic carbocycles. The molecule has 0 saturated heterocycles. The van der Waals surface area contributed by atoms with Crippen molar-refractivity contribution in [2.24, 2.45) is 0 Å². The van der Waals surface area contributed by atoms with Crippen molar-refractivity contribution < 1.29 is 4.74 Å². The zero-order valence-corrected chi connectivity index (χ0v) is 13.2. The highest BCUT2D eigenvalue weighted by Crippen LogP contribution is 2.28. The summed E-state index contributed by atoms with van der Waals surface area (Å²) in [5, 5.41) is 4.63. The standard InChI is InChI=1S/C16H21N3OS/c1-20-11-14-15(10-18-12-6-2-3-7-12)21-16(19-14)13-8-4-5-9-17-13/h4-5,8-9,12,18H,2-3,6-7,10-11H2,1H3. The van der Waals surface area contributed by atoms with Gasteiger partial charge in [-0.25, -0.2) is 4.98 Å². The van der Waals surface area contributed by atoms with Crippen LogP contribution in [0.5, 0.6) is 0 Å². The monoisotopic (exact) mass is 303 g/mol. The van der Waals surface area contributed by atoms with E-state index in [1.807, 2.05) is 24.4 Å². The highest BCUT2D eigenvalue weighted by molar-refractivity contribution is 7.15. The smallest absolute Gasteiger partial charge is 0.142 e. The molecule has 1 aliphatic rings. The molecule has 3 rings (SSSR count). The van der Waals surface area contributed by atoms with Crippen LogP contribution in [-0.2, 0) is 17.9 Å². The predicted molar refractivity (Wildman–Crippen MR) is 85.2 cm³/mol. The zero-order valence-electron chi connectivity index (χ0n) is 12.3. The van der Waals surface area contributed by atoms with E-state index in [1.165, 1.54) is 30.6 Å². The third-order valence-electron chi connectivity index (χ3n) is 3.85. The molecule has 2 aromatic rings. The van der Waals surface area contributed by atoms with Gasteiger partial charge in [0.2, 0.25) is 0 Å². The van der Waals surface area contributed by atoms with Gasteiger partial charge in [-0.15, -0.1) is 11.3 Å². The van der Waals surface area contributed by atoms with Crippen LogP contribution < -0.4 is 5.32 Å². The van der Waals surface area contributed by atoms with Crippen LogP contribution in [0, 0.1) is 0 Å². The molecule has 4 nitrogen and oxygen atoms in total. The van der Waals surface area contributed by atoms with Crippen molar-refractivity contribution >= 4 is 11.3 Å². The summed E-state index contributed by atoms with van der Waals surface area (Å²) in [7, 11) is 1.72. The fourth-order valence-corrected chi connectivity index (χ4v) is 3.73. The van der Waals surface area contributed by atoms with Gasteiger partial charge in [0.25, 0.3) is 0 Å². The number of pyridine rings is 1. The van der Waals surface area contributed by atoms with Crippen molar-refractivity contribution in [3.63, 3.8) is 0 Å². The first kappa shape index (κ1) is 14.6. The zero-order chi connectivity index (χ0) is 14.5. The molecule has 0 amide bonds. The second-order valence-electron chi connectivity index (χ2n) is 5.40. The summed E-state index contributed by atoms with van der Waals surface area (Å²) >= 11 is 1.72. The van der Waals surface area contributed by atoms with Gasteiger partial charge in [-0.2, -0.15) is 0 Å². The van der Waals surface area contributed by atoms with Crippen molar-refractivity contribution in [1.82, 2.24) is 15.3 Å². The van der Waals surface area contributed by atoms with E-state index < -0.39 is 0 Å². The topological polar surface area (TPSA) is 47.0 Å². The lowest BCUT2D eigenvalue weighted by atomic mass is 10.2. The molecule has 2 aromatic heterocycles. The molecule has 0 bridgehead atoms. The Bertz CT molecular complexity index is 564. The van der Waals surface area contributed by atoms with Gasteiger partial charge in [0.05, 0.1) is 18.0 Å². The highest BCUT2D eigenvalue weighted by Gasteiger charge is 2.17. The van der Waals surface area contributed by atoms with Crippen molar-refractivity contribution in [1.29, 1.82) is 0 Å². The van der Waals surface area contributed by atoms with Gasteiger partial charge in [-0.1, -0.05) is 18.9 Å². The molecule has 0 radical (unpaired) electrons. The number of rotatable bonds is 6. The van der Waals surface area contributed by atoms with Gasteiger partial charge in [0.15, 0.2) is 0 Å². The fourth-order valence-electron chi connectivity index (χ4n) is 2.74. The van der Waals surface area contributed by atoms with Crippen LogP contribution in [0.25, 0.3) is 10.7 Å². The van der Waals surface area contributed by atoms with Gasteiger partial charge >= 0.3 is 0 Å². The van der Waals surface area contributed by atoms with Gasteiger partial charge in [0, 0.05) is 30.8 Å². The number of hydrogen-bond donors (Lipinski definition) is 1. The first-order valence-corrected chi connectivity index (χ1v) is 8.31. The average molecular weight is 303 g/mol. The van der Waals surface area contributed by atoms with Gasteiger partial charge in [-0.3, -0.25) is 4.98 Å². The number of hydrogen-bond acceptors (Lipinski definition) is 5. The third-order valence-corrected chi connectivity index (χ3v) is 4.97. The Balaban J connectivity index is 1.76. The Morgan fingerprint density at radius 2 is 2.19 bits per heavy atom. The Morgan fingerprint density at radius 3 is 2.90 bits per heavy atom. The van der Waals surface area contributed by atoms with E-state index in [1.54, 1.807) is 18.4 Å². The van der Waals surface area contributed by atoms with Crippen LogP contribution in [-0.4, -0.2) is 23.1 Å². The van der Waals surface area contributed by atoms with Crippen LogP contribution in [0.15, 0.2) is 24.4 Å². The number of nitrogens with one attached hydrogen (secondary N) is 1. The number of nitrogens with zero attached hydrogens (tertiary/aromatic N) is 2. The lowest BCUT2D eigenvalue weighted by Crippen LogP contribution is -2.25. The summed E-state index contributed by atoms with van der Waals surface area (Å²) in [4.78, 5) is 10.4. The fraction of sp³-hybridized carbons (Fsp3) is 0.500. The summed E-state index contributed by atoms with van der Waals surface area (Å²) in [6, 6.07) is 6.59. The first-order chi connectivity index (χ1) is 10.4. The van der Waals surface area contributed by atoms with Crippen LogP contribution in [0.4, 0.5) is 0 Å². The van der Waals surface area contributed by atoms with Crippen LogP contribution >= 0.6 is 11.3 Å². The predicted octanol–water partition coefficient (Wildman–Crippen LogP) is 3.38. The van der Waals surface area contributed by atoms with Gasteiger partial charge < -0.3 is 10.1 Å². The molecule has 0 spiro atoms. The maximum absolute atomic E-state index is 5.29. The summed E-state index contributed by atoms with van der Waals surface area (Å²) in [6.45, 7) is 1.44. The van der Waals surface area contributed by atoms with Crippen molar-refractivity contribution in [2.75, 3.05) is 7.11 Å². The van der Waals surface area contributed by atoms with E-state index in [-0.39, 0.29) is 0 Å². The molecule has 0 aliphatic heterocycles. The maximum atomic E-state index is 5.29. The summed E-state index contributed by atoms with van der Waals surface area (Å²) in [5.41, 5.74) is 1.97. The summed E-state index contributed by atoms with van der Waals surface area (Å²) < 4.78 is 5.29. The van der Waals surface area contributed by atoms with E-state index in [2.05, 4.69) is 10.3 Å². The largest absolute Gasteiger partial charge is 0.378 e. The number of methoxy groups -OCH3 is 1. The van der Waals surface area contributed by atoms with Crippen molar-refractivity contribution in [2.45, 2.75) is 44.9 Å². The van der Waals surface area contributed by atoms with Crippen LogP contribution in [0.3, 0.4) is 0 Å². The molecule has 0 aromatic carbocycles. The number of aromatic nitrogens is 2. The Hall–Kier alpha value is -1.30. The number of thiazole rings is 1. The minimum atomic E-state index is 0.561. The summed E-state index contributed by atoms with van der Waals surface area (Å²) in [6.07, 6.45) is 7.11. The second kappa shape index (κ2) is 7.11. The molecule has 1 fully saturated rings. The molecule has 112 valence electrons. The molecule has 2 heterocycles. The third kappa shape index (κ3) is 3.67. The van der Waals surface area contributed by atoms with Crippen molar-refractivity contribution in [3.05, 3.63) is 35.0 Å². The molecular weight excluding hydrogens is 282 g/mol. The van der Waals surface area contributed by atoms with Crippen LogP contribution in [0.1, 0.15) is 36.3 Å². The minimum Gasteiger partial charge on any atom is -0.378 e. The van der Waals surface area contributed by atoms with E-state index in [4.69, 9.17) is 9.72 Å².